The Labute approximate surface area is 98.6 Å². The lowest BCUT2D eigenvalue weighted by molar-refractivity contribution is 0.598. The normalized spacial score (nSPS) is 12.6. The van der Waals surface area contributed by atoms with Gasteiger partial charge >= 0.3 is 0 Å². The Morgan fingerprint density at radius 1 is 1.19 bits per heavy atom. The van der Waals surface area contributed by atoms with Crippen LogP contribution >= 0.6 is 0 Å². The largest absolute Gasteiger partial charge is 0.356 e. The van der Waals surface area contributed by atoms with Gasteiger partial charge in [0.15, 0.2) is 5.96 Å². The quantitative estimate of drug-likeness (QED) is 0.389. The van der Waals surface area contributed by atoms with Crippen LogP contribution in [0.1, 0.15) is 26.2 Å². The highest BCUT2D eigenvalue weighted by Gasteiger charge is 2.01. The van der Waals surface area contributed by atoms with E-state index < -0.39 is 9.84 Å². The van der Waals surface area contributed by atoms with E-state index in [0.29, 0.717) is 13.0 Å². The van der Waals surface area contributed by atoms with Crippen molar-refractivity contribution < 1.29 is 8.42 Å². The van der Waals surface area contributed by atoms with E-state index in [1.807, 2.05) is 0 Å². The monoisotopic (exact) mass is 249 g/mol. The number of nitrogens with one attached hydrogen (secondary N) is 2. The lowest BCUT2D eigenvalue weighted by atomic mass is 10.3. The Balaban J connectivity index is 3.64. The summed E-state index contributed by atoms with van der Waals surface area (Å²) in [7, 11) is -1.14. The summed E-state index contributed by atoms with van der Waals surface area (Å²) in [5.41, 5.74) is 0. The molecule has 0 aliphatic heterocycles. The molecule has 0 atom stereocenters. The molecule has 0 saturated carbocycles. The second-order valence-electron chi connectivity index (χ2n) is 3.76. The lowest BCUT2D eigenvalue weighted by Crippen LogP contribution is -2.38. The fraction of sp³-hybridized carbons (Fsp3) is 0.900. The summed E-state index contributed by atoms with van der Waals surface area (Å²) in [5, 5.41) is 6.23. The first kappa shape index (κ1) is 15.2. The molecule has 0 aromatic carbocycles. The number of aliphatic imine (C=N–C) groups is 1. The second-order valence-corrected chi connectivity index (χ2v) is 6.02. The van der Waals surface area contributed by atoms with Crippen molar-refractivity contribution in [3.63, 3.8) is 0 Å². The second kappa shape index (κ2) is 8.38. The minimum absolute atomic E-state index is 0.214. The summed E-state index contributed by atoms with van der Waals surface area (Å²) >= 11 is 0. The molecule has 16 heavy (non-hydrogen) atoms. The van der Waals surface area contributed by atoms with Crippen LogP contribution in [-0.2, 0) is 9.84 Å². The Bertz CT molecular complexity index is 299. The van der Waals surface area contributed by atoms with Gasteiger partial charge in [-0.1, -0.05) is 13.3 Å². The van der Waals surface area contributed by atoms with Gasteiger partial charge in [-0.15, -0.1) is 0 Å². The maximum absolute atomic E-state index is 10.9. The highest BCUT2D eigenvalue weighted by Crippen LogP contribution is 1.87. The number of rotatable bonds is 7. The van der Waals surface area contributed by atoms with Crippen LogP contribution in [0, 0.1) is 0 Å². The number of hydrogen-bond donors (Lipinski definition) is 2. The Morgan fingerprint density at radius 3 is 2.19 bits per heavy atom. The summed E-state index contributed by atoms with van der Waals surface area (Å²) < 4.78 is 21.8. The van der Waals surface area contributed by atoms with Gasteiger partial charge in [-0.25, -0.2) is 8.42 Å². The van der Waals surface area contributed by atoms with Crippen molar-refractivity contribution in [1.82, 2.24) is 10.6 Å². The molecule has 0 fully saturated rings. The van der Waals surface area contributed by atoms with Crippen LogP contribution in [-0.4, -0.2) is 46.5 Å². The zero-order chi connectivity index (χ0) is 12.4. The van der Waals surface area contributed by atoms with E-state index in [9.17, 15) is 8.42 Å². The Morgan fingerprint density at radius 2 is 1.75 bits per heavy atom. The lowest BCUT2D eigenvalue weighted by Gasteiger charge is -2.10. The van der Waals surface area contributed by atoms with Gasteiger partial charge in [0.2, 0.25) is 0 Å². The summed E-state index contributed by atoms with van der Waals surface area (Å²) in [5.74, 6) is 0.952. The average Bonchev–Trinajstić information content (AvgIpc) is 2.20. The van der Waals surface area contributed by atoms with Crippen molar-refractivity contribution in [2.24, 2.45) is 4.99 Å². The molecule has 0 aliphatic carbocycles. The fourth-order valence-corrected chi connectivity index (χ4v) is 1.81. The summed E-state index contributed by atoms with van der Waals surface area (Å²) in [6.45, 7) is 3.64. The molecule has 0 aromatic heterocycles. The minimum atomic E-state index is -2.85. The van der Waals surface area contributed by atoms with Gasteiger partial charge in [-0.2, -0.15) is 0 Å². The van der Waals surface area contributed by atoms with Crippen molar-refractivity contribution in [3.05, 3.63) is 0 Å². The van der Waals surface area contributed by atoms with Gasteiger partial charge in [0.1, 0.15) is 9.84 Å². The summed E-state index contributed by atoms with van der Waals surface area (Å²) in [6, 6.07) is 0. The first-order chi connectivity index (χ1) is 7.49. The first-order valence-electron chi connectivity index (χ1n) is 5.62. The van der Waals surface area contributed by atoms with E-state index in [1.54, 1.807) is 7.05 Å². The van der Waals surface area contributed by atoms with Gasteiger partial charge in [-0.3, -0.25) is 4.99 Å². The number of unbranched alkanes of at least 4 members (excludes halogenated alkanes) is 1. The van der Waals surface area contributed by atoms with Crippen LogP contribution < -0.4 is 10.6 Å². The zero-order valence-corrected chi connectivity index (χ0v) is 11.2. The summed E-state index contributed by atoms with van der Waals surface area (Å²) in [4.78, 5) is 4.04. The number of guanidine groups is 1. The molecular formula is C10H23N3O2S. The molecule has 0 bridgehead atoms. The minimum Gasteiger partial charge on any atom is -0.356 e. The third-order valence-corrected chi connectivity index (χ3v) is 3.06. The molecule has 0 saturated heterocycles. The van der Waals surface area contributed by atoms with Gasteiger partial charge in [-0.05, 0) is 12.8 Å². The average molecular weight is 249 g/mol. The third kappa shape index (κ3) is 9.76. The predicted octanol–water partition coefficient (Wildman–Crippen LogP) is 0.386. The predicted molar refractivity (Wildman–Crippen MR) is 68.6 cm³/mol. The van der Waals surface area contributed by atoms with Crippen LogP contribution in [0.15, 0.2) is 4.99 Å². The molecule has 5 nitrogen and oxygen atoms in total. The van der Waals surface area contributed by atoms with Gasteiger partial charge in [0.25, 0.3) is 0 Å². The van der Waals surface area contributed by atoms with E-state index in [4.69, 9.17) is 0 Å². The molecule has 0 radical (unpaired) electrons. The number of hydrogen-bond acceptors (Lipinski definition) is 3. The smallest absolute Gasteiger partial charge is 0.190 e. The van der Waals surface area contributed by atoms with Crippen molar-refractivity contribution >= 4 is 15.8 Å². The maximum Gasteiger partial charge on any atom is 0.190 e. The Hall–Kier alpha value is -0.780. The SMILES string of the molecule is CCCCNC(=NC)NCCCS(C)(=O)=O. The van der Waals surface area contributed by atoms with E-state index in [2.05, 4.69) is 22.5 Å². The molecule has 0 heterocycles. The van der Waals surface area contributed by atoms with E-state index in [0.717, 1.165) is 25.3 Å². The summed E-state index contributed by atoms with van der Waals surface area (Å²) in [6.07, 6.45) is 4.09. The molecule has 2 N–H and O–H groups in total. The van der Waals surface area contributed by atoms with E-state index in [-0.39, 0.29) is 5.75 Å². The number of sulfone groups is 1. The fourth-order valence-electron chi connectivity index (χ4n) is 1.15. The van der Waals surface area contributed by atoms with Crippen LogP contribution in [0.2, 0.25) is 0 Å². The Kier molecular flexibility index (Phi) is 7.97. The molecule has 0 aromatic rings. The van der Waals surface area contributed by atoms with E-state index in [1.165, 1.54) is 6.26 Å². The molecular weight excluding hydrogens is 226 g/mol. The molecule has 0 amide bonds. The standard InChI is InChI=1S/C10H23N3O2S/c1-4-5-7-12-10(11-2)13-8-6-9-16(3,14)15/h4-9H2,1-3H3,(H2,11,12,13). The van der Waals surface area contributed by atoms with Crippen molar-refractivity contribution in [3.8, 4) is 0 Å². The highest BCUT2D eigenvalue weighted by molar-refractivity contribution is 7.90. The van der Waals surface area contributed by atoms with Crippen LogP contribution in [0.5, 0.6) is 0 Å². The van der Waals surface area contributed by atoms with Gasteiger partial charge in [0, 0.05) is 26.4 Å². The molecule has 0 unspecified atom stereocenters. The maximum atomic E-state index is 10.9. The van der Waals surface area contributed by atoms with Crippen LogP contribution in [0.3, 0.4) is 0 Å². The van der Waals surface area contributed by atoms with Gasteiger partial charge in [0.05, 0.1) is 5.75 Å². The topological polar surface area (TPSA) is 70.6 Å². The molecule has 0 rings (SSSR count). The van der Waals surface area contributed by atoms with Gasteiger partial charge < -0.3 is 10.6 Å². The van der Waals surface area contributed by atoms with Crippen LogP contribution in [0.25, 0.3) is 0 Å². The van der Waals surface area contributed by atoms with Crippen molar-refractivity contribution in [2.75, 3.05) is 32.1 Å². The zero-order valence-electron chi connectivity index (χ0n) is 10.4. The highest BCUT2D eigenvalue weighted by atomic mass is 32.2. The van der Waals surface area contributed by atoms with Crippen molar-refractivity contribution in [2.45, 2.75) is 26.2 Å². The molecule has 6 heteroatoms. The molecule has 96 valence electrons. The number of nitrogens with zero attached hydrogens (tertiary/aromatic N) is 1. The van der Waals surface area contributed by atoms with Crippen molar-refractivity contribution in [1.29, 1.82) is 0 Å². The van der Waals surface area contributed by atoms with E-state index >= 15 is 0 Å². The van der Waals surface area contributed by atoms with Crippen LogP contribution in [0.4, 0.5) is 0 Å². The third-order valence-electron chi connectivity index (χ3n) is 2.03. The molecule has 0 spiro atoms. The molecule has 0 aliphatic rings. The first-order valence-corrected chi connectivity index (χ1v) is 7.68.